The van der Waals surface area contributed by atoms with Gasteiger partial charge in [0.1, 0.15) is 24.4 Å². The van der Waals surface area contributed by atoms with Gasteiger partial charge in [-0.25, -0.2) is 0 Å². The summed E-state index contributed by atoms with van der Waals surface area (Å²) in [4.78, 5) is 13.1. The van der Waals surface area contributed by atoms with Gasteiger partial charge in [-0.1, -0.05) is 310 Å². The molecule has 0 bridgehead atoms. The summed E-state index contributed by atoms with van der Waals surface area (Å²) in [6.07, 6.45) is 83.8. The van der Waals surface area contributed by atoms with Crippen LogP contribution in [0.4, 0.5) is 0 Å². The predicted molar refractivity (Wildman–Crippen MR) is 355 cm³/mol. The zero-order valence-electron chi connectivity index (χ0n) is 53.7. The minimum absolute atomic E-state index is 0.188. The maximum absolute atomic E-state index is 13.1. The standard InChI is InChI=1S/C74H131NO8/c1-3-5-7-9-11-13-15-17-19-21-23-24-25-26-27-28-29-30-31-32-33-34-35-36-37-38-39-40-41-42-43-44-46-48-50-52-54-56-58-60-62-64-70(78)75-67(66-82-74-73(81)72(80)71(79)69(65-76)83-74)68(77)63-61-59-57-55-53-51-49-47-45-22-20-18-16-14-12-10-8-6-4-2/h5,7,11,13,17,19,23-24,26-27,45,47,53,55,61,63,67-69,71-74,76-77,79-81H,3-4,6,8-10,12,14-16,18,20-22,25,28-44,46,48-52,54,56-60,62,64-66H2,1-2H3,(H,75,78)/b7-5-,13-11-,19-17-,24-23-,27-26-,47-45+,55-53+,63-61+. The van der Waals surface area contributed by atoms with Crippen molar-refractivity contribution in [1.29, 1.82) is 0 Å². The first kappa shape index (κ1) is 78.1. The SMILES string of the molecule is CC/C=C\C/C=C\C/C=C\C/C=C\C/C=C\CCCCCCCCCCCCCCCCCCCCCCCCCCCC(=O)NC(COC1OC(CO)C(O)C(O)C1O)C(O)/C=C/CC/C=C/CC/C=C/CCCCCCCCCCC. The number of carbonyl (C=O) groups excluding carboxylic acids is 1. The van der Waals surface area contributed by atoms with E-state index < -0.39 is 49.5 Å². The average Bonchev–Trinajstić information content (AvgIpc) is 3.61. The van der Waals surface area contributed by atoms with E-state index in [1.54, 1.807) is 6.08 Å². The van der Waals surface area contributed by atoms with Crippen LogP contribution < -0.4 is 5.32 Å². The lowest BCUT2D eigenvalue weighted by Crippen LogP contribution is -2.60. The molecule has 1 aliphatic heterocycles. The van der Waals surface area contributed by atoms with Gasteiger partial charge in [-0.05, 0) is 89.9 Å². The van der Waals surface area contributed by atoms with Gasteiger partial charge in [-0.15, -0.1) is 0 Å². The third kappa shape index (κ3) is 50.9. The van der Waals surface area contributed by atoms with Gasteiger partial charge in [-0.3, -0.25) is 4.79 Å². The van der Waals surface area contributed by atoms with Crippen molar-refractivity contribution in [2.75, 3.05) is 13.2 Å². The van der Waals surface area contributed by atoms with Crippen LogP contribution in [0.1, 0.15) is 309 Å². The number of aliphatic hydroxyl groups is 5. The van der Waals surface area contributed by atoms with Crippen LogP contribution in [-0.4, -0.2) is 87.5 Å². The smallest absolute Gasteiger partial charge is 0.220 e. The van der Waals surface area contributed by atoms with Crippen LogP contribution in [0.2, 0.25) is 0 Å². The van der Waals surface area contributed by atoms with E-state index in [0.717, 1.165) is 77.0 Å². The molecule has 9 nitrogen and oxygen atoms in total. The second-order valence-corrected chi connectivity index (χ2v) is 23.9. The van der Waals surface area contributed by atoms with Crippen molar-refractivity contribution in [3.8, 4) is 0 Å². The Labute approximate surface area is 511 Å². The van der Waals surface area contributed by atoms with Gasteiger partial charge in [0.15, 0.2) is 6.29 Å². The molecule has 7 atom stereocenters. The Bertz CT molecular complexity index is 1630. The van der Waals surface area contributed by atoms with E-state index >= 15 is 0 Å². The van der Waals surface area contributed by atoms with Gasteiger partial charge >= 0.3 is 0 Å². The van der Waals surface area contributed by atoms with Gasteiger partial charge in [0, 0.05) is 6.42 Å². The van der Waals surface area contributed by atoms with E-state index in [-0.39, 0.29) is 12.5 Å². The molecule has 1 aliphatic rings. The molecular formula is C74H131NO8. The van der Waals surface area contributed by atoms with E-state index in [4.69, 9.17) is 9.47 Å². The highest BCUT2D eigenvalue weighted by molar-refractivity contribution is 5.76. The molecule has 83 heavy (non-hydrogen) atoms. The Morgan fingerprint density at radius 2 is 0.759 bits per heavy atom. The number of ether oxygens (including phenoxy) is 2. The van der Waals surface area contributed by atoms with E-state index in [1.165, 1.54) is 212 Å². The number of aliphatic hydroxyl groups excluding tert-OH is 5. The number of hydrogen-bond acceptors (Lipinski definition) is 8. The van der Waals surface area contributed by atoms with Crippen LogP contribution in [0.25, 0.3) is 0 Å². The summed E-state index contributed by atoms with van der Waals surface area (Å²) < 4.78 is 11.3. The molecule has 0 saturated carbocycles. The van der Waals surface area contributed by atoms with Crippen molar-refractivity contribution in [1.82, 2.24) is 5.32 Å². The van der Waals surface area contributed by atoms with E-state index in [1.807, 2.05) is 6.08 Å². The van der Waals surface area contributed by atoms with Gasteiger partial charge < -0.3 is 40.3 Å². The molecule has 6 N–H and O–H groups in total. The molecule has 0 aromatic rings. The van der Waals surface area contributed by atoms with Gasteiger partial charge in [0.2, 0.25) is 5.91 Å². The quantitative estimate of drug-likeness (QED) is 0.0261. The largest absolute Gasteiger partial charge is 0.394 e. The Balaban J connectivity index is 2.07. The van der Waals surface area contributed by atoms with Crippen LogP contribution in [0.3, 0.4) is 0 Å². The van der Waals surface area contributed by atoms with Crippen LogP contribution >= 0.6 is 0 Å². The number of carbonyl (C=O) groups is 1. The van der Waals surface area contributed by atoms with Crippen molar-refractivity contribution in [3.63, 3.8) is 0 Å². The highest BCUT2D eigenvalue weighted by Crippen LogP contribution is 2.23. The van der Waals surface area contributed by atoms with Gasteiger partial charge in [0.25, 0.3) is 0 Å². The topological polar surface area (TPSA) is 149 Å². The maximum Gasteiger partial charge on any atom is 0.220 e. The molecule has 1 fully saturated rings. The van der Waals surface area contributed by atoms with Crippen LogP contribution in [0.5, 0.6) is 0 Å². The van der Waals surface area contributed by atoms with Crippen molar-refractivity contribution in [3.05, 3.63) is 97.2 Å². The number of rotatable bonds is 60. The fourth-order valence-corrected chi connectivity index (χ4v) is 10.7. The van der Waals surface area contributed by atoms with E-state index in [9.17, 15) is 30.3 Å². The molecule has 0 aliphatic carbocycles. The lowest BCUT2D eigenvalue weighted by molar-refractivity contribution is -0.302. The first-order valence-corrected chi connectivity index (χ1v) is 35.0. The van der Waals surface area contributed by atoms with Crippen molar-refractivity contribution in [2.24, 2.45) is 0 Å². The van der Waals surface area contributed by atoms with Crippen LogP contribution in [0.15, 0.2) is 97.2 Å². The average molecular weight is 1160 g/mol. The number of allylic oxidation sites excluding steroid dienone is 15. The molecule has 0 aromatic carbocycles. The zero-order chi connectivity index (χ0) is 60.0. The summed E-state index contributed by atoms with van der Waals surface area (Å²) in [5, 5.41) is 54.6. The van der Waals surface area contributed by atoms with Crippen LogP contribution in [0, 0.1) is 0 Å². The Morgan fingerprint density at radius 1 is 0.422 bits per heavy atom. The molecule has 9 heteroatoms. The summed E-state index contributed by atoms with van der Waals surface area (Å²) in [5.41, 5.74) is 0. The molecule has 1 heterocycles. The minimum atomic E-state index is -1.58. The summed E-state index contributed by atoms with van der Waals surface area (Å²) in [5.74, 6) is -0.188. The highest BCUT2D eigenvalue weighted by Gasteiger charge is 2.44. The molecule has 0 spiro atoms. The van der Waals surface area contributed by atoms with E-state index in [2.05, 4.69) is 104 Å². The summed E-state index contributed by atoms with van der Waals surface area (Å²) in [7, 11) is 0. The lowest BCUT2D eigenvalue weighted by Gasteiger charge is -2.40. The second kappa shape index (κ2) is 62.2. The molecule has 480 valence electrons. The fourth-order valence-electron chi connectivity index (χ4n) is 10.7. The first-order valence-electron chi connectivity index (χ1n) is 35.0. The molecule has 7 unspecified atom stereocenters. The number of unbranched alkanes of at least 4 members (excludes halogenated alkanes) is 36. The number of nitrogens with one attached hydrogen (secondary N) is 1. The lowest BCUT2D eigenvalue weighted by atomic mass is 9.99. The molecule has 0 aromatic heterocycles. The summed E-state index contributed by atoms with van der Waals surface area (Å²) in [6, 6.07) is -0.831. The van der Waals surface area contributed by atoms with Crippen molar-refractivity contribution >= 4 is 5.91 Å². The van der Waals surface area contributed by atoms with Crippen molar-refractivity contribution < 1.29 is 39.8 Å². The van der Waals surface area contributed by atoms with Gasteiger partial charge in [0.05, 0.1) is 25.4 Å². The van der Waals surface area contributed by atoms with Crippen molar-refractivity contribution in [2.45, 2.75) is 352 Å². The predicted octanol–water partition coefficient (Wildman–Crippen LogP) is 19.1. The van der Waals surface area contributed by atoms with E-state index in [0.29, 0.717) is 6.42 Å². The summed E-state index contributed by atoms with van der Waals surface area (Å²) in [6.45, 7) is 3.66. The summed E-state index contributed by atoms with van der Waals surface area (Å²) >= 11 is 0. The molecule has 1 rings (SSSR count). The fraction of sp³-hybridized carbons (Fsp3) is 0.770. The Kier molecular flexibility index (Phi) is 58.5. The third-order valence-electron chi connectivity index (χ3n) is 16.1. The van der Waals surface area contributed by atoms with Crippen LogP contribution in [-0.2, 0) is 14.3 Å². The Hall–Kier alpha value is -2.89. The molecular weight excluding hydrogens is 1030 g/mol. The highest BCUT2D eigenvalue weighted by atomic mass is 16.7. The normalized spacial score (nSPS) is 18.9. The minimum Gasteiger partial charge on any atom is -0.394 e. The molecule has 1 amide bonds. The zero-order valence-corrected chi connectivity index (χ0v) is 53.7. The number of hydrogen-bond donors (Lipinski definition) is 6. The number of amides is 1. The second-order valence-electron chi connectivity index (χ2n) is 23.9. The molecule has 0 radical (unpaired) electrons. The van der Waals surface area contributed by atoms with Gasteiger partial charge in [-0.2, -0.15) is 0 Å². The Morgan fingerprint density at radius 3 is 1.16 bits per heavy atom. The first-order chi connectivity index (χ1) is 40.8. The molecule has 1 saturated heterocycles. The third-order valence-corrected chi connectivity index (χ3v) is 16.1. The maximum atomic E-state index is 13.1. The monoisotopic (exact) mass is 1160 g/mol.